The van der Waals surface area contributed by atoms with E-state index < -0.39 is 10.8 Å². The molecule has 0 unspecified atom stereocenters. The zero-order chi connectivity index (χ0) is 22.1. The number of anilines is 2. The van der Waals surface area contributed by atoms with Crippen LogP contribution in [-0.2, 0) is 4.74 Å². The van der Waals surface area contributed by atoms with Crippen molar-refractivity contribution in [3.63, 3.8) is 0 Å². The van der Waals surface area contributed by atoms with Crippen LogP contribution in [0.4, 0.5) is 17.2 Å². The highest BCUT2D eigenvalue weighted by atomic mass is 16.6. The van der Waals surface area contributed by atoms with Crippen molar-refractivity contribution in [1.29, 1.82) is 0 Å². The molecule has 0 saturated heterocycles. The molecule has 166 valence electrons. The van der Waals surface area contributed by atoms with E-state index >= 15 is 0 Å². The minimum absolute atomic E-state index is 0.160. The monoisotopic (exact) mass is 428 g/mol. The lowest BCUT2D eigenvalue weighted by Gasteiger charge is -2.22. The Labute approximate surface area is 181 Å². The van der Waals surface area contributed by atoms with Gasteiger partial charge in [0.25, 0.3) is 11.6 Å². The minimum Gasteiger partial charge on any atom is -0.489 e. The smallest absolute Gasteiger partial charge is 0.293 e. The van der Waals surface area contributed by atoms with Crippen LogP contribution in [0.5, 0.6) is 5.75 Å². The molecule has 3 rings (SSSR count). The molecule has 1 fully saturated rings. The quantitative estimate of drug-likeness (QED) is 0.330. The van der Waals surface area contributed by atoms with Gasteiger partial charge in [-0.25, -0.2) is 4.98 Å². The molecule has 1 aromatic carbocycles. The molecule has 0 spiro atoms. The number of aromatic nitrogens is 1. The van der Waals surface area contributed by atoms with Crippen LogP contribution >= 0.6 is 0 Å². The van der Waals surface area contributed by atoms with E-state index in [2.05, 4.69) is 15.6 Å². The third kappa shape index (κ3) is 6.39. The van der Waals surface area contributed by atoms with Crippen LogP contribution in [0.15, 0.2) is 36.5 Å². The van der Waals surface area contributed by atoms with E-state index in [1.165, 1.54) is 37.5 Å². The third-order valence-electron chi connectivity index (χ3n) is 5.28. The fourth-order valence-corrected chi connectivity index (χ4v) is 3.60. The van der Waals surface area contributed by atoms with Gasteiger partial charge in [0.15, 0.2) is 11.6 Å². The number of nitrogens with one attached hydrogen (secondary N) is 2. The van der Waals surface area contributed by atoms with Crippen LogP contribution in [-0.4, -0.2) is 42.7 Å². The highest BCUT2D eigenvalue weighted by molar-refractivity contribution is 6.05. The maximum atomic E-state index is 12.7. The molecule has 2 N–H and O–H groups in total. The first-order valence-electron chi connectivity index (χ1n) is 10.5. The van der Waals surface area contributed by atoms with Gasteiger partial charge in [0, 0.05) is 31.5 Å². The van der Waals surface area contributed by atoms with E-state index in [1.54, 1.807) is 25.4 Å². The average molecular weight is 428 g/mol. The summed E-state index contributed by atoms with van der Waals surface area (Å²) in [5.41, 5.74) is 0.305. The summed E-state index contributed by atoms with van der Waals surface area (Å²) in [6.07, 6.45) is 7.58. The second kappa shape index (κ2) is 11.3. The SMILES string of the molecule is COCCNc1ccc(C(=O)Nc2ncccc2OCC2CCCCC2)cc1[N+](=O)[O-]. The van der Waals surface area contributed by atoms with Crippen LogP contribution in [0, 0.1) is 16.0 Å². The zero-order valence-corrected chi connectivity index (χ0v) is 17.6. The normalized spacial score (nSPS) is 14.1. The second-order valence-corrected chi connectivity index (χ2v) is 7.53. The molecule has 1 aliphatic carbocycles. The Bertz CT molecular complexity index is 899. The molecule has 1 aliphatic rings. The Morgan fingerprint density at radius 2 is 2.06 bits per heavy atom. The largest absolute Gasteiger partial charge is 0.489 e. The number of pyridine rings is 1. The van der Waals surface area contributed by atoms with Gasteiger partial charge in [0.05, 0.1) is 18.1 Å². The molecule has 2 aromatic rings. The Morgan fingerprint density at radius 3 is 2.81 bits per heavy atom. The number of amides is 1. The van der Waals surface area contributed by atoms with Crippen LogP contribution in [0.1, 0.15) is 42.5 Å². The maximum Gasteiger partial charge on any atom is 0.293 e. The number of ether oxygens (including phenoxy) is 2. The lowest BCUT2D eigenvalue weighted by atomic mass is 9.90. The van der Waals surface area contributed by atoms with Crippen molar-refractivity contribution in [2.24, 2.45) is 5.92 Å². The van der Waals surface area contributed by atoms with Crippen molar-refractivity contribution >= 4 is 23.1 Å². The Morgan fingerprint density at radius 1 is 1.26 bits per heavy atom. The number of nitrogens with zero attached hydrogens (tertiary/aromatic N) is 2. The fourth-order valence-electron chi connectivity index (χ4n) is 3.60. The number of hydrogen-bond donors (Lipinski definition) is 2. The summed E-state index contributed by atoms with van der Waals surface area (Å²) in [6.45, 7) is 1.41. The van der Waals surface area contributed by atoms with Crippen LogP contribution in [0.3, 0.4) is 0 Å². The van der Waals surface area contributed by atoms with Gasteiger partial charge in [-0.3, -0.25) is 14.9 Å². The molecule has 1 amide bonds. The molecule has 1 heterocycles. The lowest BCUT2D eigenvalue weighted by molar-refractivity contribution is -0.384. The van der Waals surface area contributed by atoms with Gasteiger partial charge in [-0.2, -0.15) is 0 Å². The molecule has 0 aliphatic heterocycles. The standard InChI is InChI=1S/C22H28N4O5/c1-30-13-12-23-18-10-9-17(14-19(18)26(28)29)22(27)25-21-20(8-5-11-24-21)31-15-16-6-3-2-4-7-16/h5,8-11,14,16,23H,2-4,6-7,12-13,15H2,1H3,(H,24,25,27). The second-order valence-electron chi connectivity index (χ2n) is 7.53. The van der Waals surface area contributed by atoms with Crippen molar-refractivity contribution in [3.05, 3.63) is 52.2 Å². The summed E-state index contributed by atoms with van der Waals surface area (Å²) in [4.78, 5) is 27.9. The van der Waals surface area contributed by atoms with Crippen molar-refractivity contribution in [2.45, 2.75) is 32.1 Å². The van der Waals surface area contributed by atoms with E-state index in [9.17, 15) is 14.9 Å². The molecule has 0 bridgehead atoms. The summed E-state index contributed by atoms with van der Waals surface area (Å²) in [5, 5.41) is 17.1. The van der Waals surface area contributed by atoms with E-state index in [-0.39, 0.29) is 11.3 Å². The third-order valence-corrected chi connectivity index (χ3v) is 5.28. The van der Waals surface area contributed by atoms with Crippen molar-refractivity contribution in [2.75, 3.05) is 37.5 Å². The van der Waals surface area contributed by atoms with E-state index in [0.717, 1.165) is 12.8 Å². The van der Waals surface area contributed by atoms with Gasteiger partial charge in [0.2, 0.25) is 0 Å². The number of carbonyl (C=O) groups is 1. The Hall–Kier alpha value is -3.20. The topological polar surface area (TPSA) is 116 Å². The summed E-state index contributed by atoms with van der Waals surface area (Å²) in [7, 11) is 1.55. The fraction of sp³-hybridized carbons (Fsp3) is 0.455. The first-order chi connectivity index (χ1) is 15.1. The Kier molecular flexibility index (Phi) is 8.17. The molecule has 0 radical (unpaired) electrons. The number of rotatable bonds is 10. The van der Waals surface area contributed by atoms with Gasteiger partial charge in [-0.15, -0.1) is 0 Å². The van der Waals surface area contributed by atoms with Gasteiger partial charge >= 0.3 is 0 Å². The molecule has 9 heteroatoms. The molecule has 1 saturated carbocycles. The summed E-state index contributed by atoms with van der Waals surface area (Å²) in [6, 6.07) is 7.80. The first-order valence-corrected chi connectivity index (χ1v) is 10.5. The van der Waals surface area contributed by atoms with E-state index in [1.807, 2.05) is 0 Å². The summed E-state index contributed by atoms with van der Waals surface area (Å²) in [5.74, 6) is 0.813. The molecule has 9 nitrogen and oxygen atoms in total. The molecule has 31 heavy (non-hydrogen) atoms. The predicted molar refractivity (Wildman–Crippen MR) is 118 cm³/mol. The van der Waals surface area contributed by atoms with Crippen LogP contribution < -0.4 is 15.4 Å². The molecule has 0 atom stereocenters. The van der Waals surface area contributed by atoms with Gasteiger partial charge in [-0.1, -0.05) is 19.3 Å². The first kappa shape index (κ1) is 22.5. The maximum absolute atomic E-state index is 12.7. The molecule has 1 aromatic heterocycles. The minimum atomic E-state index is -0.522. The van der Waals surface area contributed by atoms with Crippen molar-refractivity contribution < 1.29 is 19.2 Å². The van der Waals surface area contributed by atoms with Gasteiger partial charge in [0.1, 0.15) is 5.69 Å². The highest BCUT2D eigenvalue weighted by Crippen LogP contribution is 2.29. The molecular formula is C22H28N4O5. The average Bonchev–Trinajstić information content (AvgIpc) is 2.79. The number of methoxy groups -OCH3 is 1. The number of nitro benzene ring substituents is 1. The van der Waals surface area contributed by atoms with Crippen molar-refractivity contribution in [1.82, 2.24) is 4.98 Å². The van der Waals surface area contributed by atoms with Gasteiger partial charge in [-0.05, 0) is 43.0 Å². The lowest BCUT2D eigenvalue weighted by Crippen LogP contribution is -2.18. The van der Waals surface area contributed by atoms with Crippen molar-refractivity contribution in [3.8, 4) is 5.75 Å². The van der Waals surface area contributed by atoms with Crippen LogP contribution in [0.25, 0.3) is 0 Å². The zero-order valence-electron chi connectivity index (χ0n) is 17.6. The number of benzene rings is 1. The summed E-state index contributed by atoms with van der Waals surface area (Å²) >= 11 is 0. The van der Waals surface area contributed by atoms with Gasteiger partial charge < -0.3 is 20.1 Å². The molecular weight excluding hydrogens is 400 g/mol. The predicted octanol–water partition coefficient (Wildman–Crippen LogP) is 4.26. The van der Waals surface area contributed by atoms with E-state index in [4.69, 9.17) is 9.47 Å². The number of nitro groups is 1. The number of hydrogen-bond acceptors (Lipinski definition) is 7. The number of carbonyl (C=O) groups excluding carboxylic acids is 1. The highest BCUT2D eigenvalue weighted by Gasteiger charge is 2.19. The van der Waals surface area contributed by atoms with Crippen LogP contribution in [0.2, 0.25) is 0 Å². The Balaban J connectivity index is 1.69. The summed E-state index contributed by atoms with van der Waals surface area (Å²) < 4.78 is 10.9. The van der Waals surface area contributed by atoms with E-state index in [0.29, 0.717) is 42.9 Å².